The first-order valence-electron chi connectivity index (χ1n) is 6.10. The molecule has 1 aromatic carbocycles. The lowest BCUT2D eigenvalue weighted by atomic mass is 9.91. The fourth-order valence-electron chi connectivity index (χ4n) is 2.02. The van der Waals surface area contributed by atoms with Crippen LogP contribution in [0.25, 0.3) is 0 Å². The molecule has 1 aromatic heterocycles. The van der Waals surface area contributed by atoms with Crippen LogP contribution in [-0.2, 0) is 6.42 Å². The lowest BCUT2D eigenvalue weighted by Gasteiger charge is -2.19. The van der Waals surface area contributed by atoms with Gasteiger partial charge in [0.25, 0.3) is 0 Å². The van der Waals surface area contributed by atoms with Crippen LogP contribution in [0.15, 0.2) is 48.7 Å². The number of nitrogens with zero attached hydrogens (tertiary/aromatic N) is 1. The van der Waals surface area contributed by atoms with Gasteiger partial charge in [0.05, 0.1) is 6.10 Å². The van der Waals surface area contributed by atoms with E-state index in [0.29, 0.717) is 12.2 Å². The molecule has 3 nitrogen and oxygen atoms in total. The van der Waals surface area contributed by atoms with Crippen molar-refractivity contribution in [3.05, 3.63) is 59.8 Å². The summed E-state index contributed by atoms with van der Waals surface area (Å²) in [4.78, 5) is 3.95. The largest absolute Gasteiger partial charge is 0.392 e. The van der Waals surface area contributed by atoms with Crippen molar-refractivity contribution in [2.45, 2.75) is 25.4 Å². The van der Waals surface area contributed by atoms with E-state index in [-0.39, 0.29) is 5.92 Å². The first-order chi connectivity index (χ1) is 8.66. The zero-order valence-corrected chi connectivity index (χ0v) is 10.5. The van der Waals surface area contributed by atoms with Gasteiger partial charge in [0, 0.05) is 12.1 Å². The van der Waals surface area contributed by atoms with Crippen molar-refractivity contribution >= 4 is 5.82 Å². The van der Waals surface area contributed by atoms with E-state index in [1.807, 2.05) is 43.3 Å². The highest BCUT2D eigenvalue weighted by molar-refractivity contribution is 5.32. The number of aromatic nitrogens is 1. The fraction of sp³-hybridized carbons (Fsp3) is 0.267. The number of nitrogen functional groups attached to an aromatic ring is 1. The van der Waals surface area contributed by atoms with Gasteiger partial charge in [0.2, 0.25) is 0 Å². The topological polar surface area (TPSA) is 59.1 Å². The molecular formula is C15H18N2O. The minimum Gasteiger partial charge on any atom is -0.392 e. The first kappa shape index (κ1) is 12.6. The van der Waals surface area contributed by atoms with Crippen LogP contribution in [0.3, 0.4) is 0 Å². The monoisotopic (exact) mass is 242 g/mol. The van der Waals surface area contributed by atoms with Crippen LogP contribution in [0.5, 0.6) is 0 Å². The second-order valence-electron chi connectivity index (χ2n) is 4.56. The van der Waals surface area contributed by atoms with Crippen molar-refractivity contribution in [1.29, 1.82) is 0 Å². The minimum absolute atomic E-state index is 0.0978. The maximum absolute atomic E-state index is 10.3. The molecule has 2 rings (SSSR count). The van der Waals surface area contributed by atoms with E-state index in [0.717, 1.165) is 11.1 Å². The number of anilines is 1. The van der Waals surface area contributed by atoms with Crippen molar-refractivity contribution in [3.8, 4) is 0 Å². The summed E-state index contributed by atoms with van der Waals surface area (Å²) in [6, 6.07) is 13.7. The van der Waals surface area contributed by atoms with Gasteiger partial charge < -0.3 is 10.8 Å². The van der Waals surface area contributed by atoms with Crippen LogP contribution in [0.4, 0.5) is 5.82 Å². The first-order valence-corrected chi connectivity index (χ1v) is 6.10. The number of hydrogen-bond acceptors (Lipinski definition) is 3. The van der Waals surface area contributed by atoms with Crippen LogP contribution in [0.2, 0.25) is 0 Å². The Balaban J connectivity index is 2.06. The zero-order valence-electron chi connectivity index (χ0n) is 10.5. The van der Waals surface area contributed by atoms with Gasteiger partial charge in [-0.15, -0.1) is 0 Å². The molecular weight excluding hydrogens is 224 g/mol. The Kier molecular flexibility index (Phi) is 3.95. The van der Waals surface area contributed by atoms with Gasteiger partial charge in [-0.25, -0.2) is 4.98 Å². The third kappa shape index (κ3) is 3.08. The van der Waals surface area contributed by atoms with Gasteiger partial charge in [-0.05, 0) is 29.7 Å². The number of rotatable bonds is 4. The third-order valence-electron chi connectivity index (χ3n) is 3.19. The molecule has 0 aliphatic carbocycles. The van der Waals surface area contributed by atoms with Crippen molar-refractivity contribution in [2.75, 3.05) is 5.73 Å². The van der Waals surface area contributed by atoms with Crippen LogP contribution < -0.4 is 5.73 Å². The van der Waals surface area contributed by atoms with Gasteiger partial charge in [0.1, 0.15) is 5.82 Å². The van der Waals surface area contributed by atoms with Crippen molar-refractivity contribution in [2.24, 2.45) is 0 Å². The van der Waals surface area contributed by atoms with Crippen molar-refractivity contribution < 1.29 is 5.11 Å². The van der Waals surface area contributed by atoms with E-state index >= 15 is 0 Å². The standard InChI is InChI=1S/C15H18N2O/c1-11(13-5-3-2-4-6-13)14(18)9-12-7-8-17-15(16)10-12/h2-8,10-11,14,18H,9H2,1H3,(H2,16,17). The number of hydrogen-bond donors (Lipinski definition) is 2. The van der Waals surface area contributed by atoms with E-state index in [1.54, 1.807) is 12.3 Å². The van der Waals surface area contributed by atoms with Crippen LogP contribution >= 0.6 is 0 Å². The molecule has 18 heavy (non-hydrogen) atoms. The minimum atomic E-state index is -0.422. The van der Waals surface area contributed by atoms with E-state index in [2.05, 4.69) is 4.98 Å². The van der Waals surface area contributed by atoms with Crippen molar-refractivity contribution in [1.82, 2.24) is 4.98 Å². The molecule has 0 saturated heterocycles. The summed E-state index contributed by atoms with van der Waals surface area (Å²) < 4.78 is 0. The summed E-state index contributed by atoms with van der Waals surface area (Å²) in [6.45, 7) is 2.03. The molecule has 0 amide bonds. The Morgan fingerprint density at radius 2 is 1.94 bits per heavy atom. The van der Waals surface area contributed by atoms with Gasteiger partial charge >= 0.3 is 0 Å². The molecule has 0 spiro atoms. The van der Waals surface area contributed by atoms with Gasteiger partial charge in [-0.1, -0.05) is 37.3 Å². The summed E-state index contributed by atoms with van der Waals surface area (Å²) in [6.07, 6.45) is 1.84. The molecule has 2 atom stereocenters. The quantitative estimate of drug-likeness (QED) is 0.865. The molecule has 0 radical (unpaired) electrons. The number of nitrogens with two attached hydrogens (primary N) is 1. The smallest absolute Gasteiger partial charge is 0.123 e. The highest BCUT2D eigenvalue weighted by Crippen LogP contribution is 2.21. The lowest BCUT2D eigenvalue weighted by Crippen LogP contribution is -2.18. The van der Waals surface area contributed by atoms with Crippen LogP contribution in [0.1, 0.15) is 24.0 Å². The SMILES string of the molecule is CC(c1ccccc1)C(O)Cc1ccnc(N)c1. The predicted octanol–water partition coefficient (Wildman–Crippen LogP) is 2.37. The fourth-order valence-corrected chi connectivity index (χ4v) is 2.02. The number of aliphatic hydroxyl groups excluding tert-OH is 1. The van der Waals surface area contributed by atoms with Crippen LogP contribution in [-0.4, -0.2) is 16.2 Å². The lowest BCUT2D eigenvalue weighted by molar-refractivity contribution is 0.149. The predicted molar refractivity (Wildman–Crippen MR) is 73.2 cm³/mol. The average molecular weight is 242 g/mol. The zero-order chi connectivity index (χ0) is 13.0. The van der Waals surface area contributed by atoms with Crippen molar-refractivity contribution in [3.63, 3.8) is 0 Å². The molecule has 1 heterocycles. The summed E-state index contributed by atoms with van der Waals surface area (Å²) in [7, 11) is 0. The third-order valence-corrected chi connectivity index (χ3v) is 3.19. The Bertz CT molecular complexity index is 499. The molecule has 0 bridgehead atoms. The van der Waals surface area contributed by atoms with Gasteiger partial charge in [-0.3, -0.25) is 0 Å². The highest BCUT2D eigenvalue weighted by atomic mass is 16.3. The molecule has 2 unspecified atom stereocenters. The molecule has 3 N–H and O–H groups in total. The van der Waals surface area contributed by atoms with E-state index in [9.17, 15) is 5.11 Å². The maximum Gasteiger partial charge on any atom is 0.123 e. The summed E-state index contributed by atoms with van der Waals surface area (Å²) in [5.41, 5.74) is 7.79. The molecule has 94 valence electrons. The summed E-state index contributed by atoms with van der Waals surface area (Å²) in [5.74, 6) is 0.590. The highest BCUT2D eigenvalue weighted by Gasteiger charge is 2.16. The second-order valence-corrected chi connectivity index (χ2v) is 4.56. The van der Waals surface area contributed by atoms with E-state index < -0.39 is 6.10 Å². The maximum atomic E-state index is 10.3. The van der Waals surface area contributed by atoms with E-state index in [4.69, 9.17) is 5.73 Å². The van der Waals surface area contributed by atoms with Gasteiger partial charge in [-0.2, -0.15) is 0 Å². The molecule has 2 aromatic rings. The summed E-state index contributed by atoms with van der Waals surface area (Å²) in [5, 5.41) is 10.3. The average Bonchev–Trinajstić information content (AvgIpc) is 2.39. The summed E-state index contributed by atoms with van der Waals surface area (Å²) >= 11 is 0. The number of aliphatic hydroxyl groups is 1. The molecule has 0 fully saturated rings. The normalized spacial score (nSPS) is 14.1. The van der Waals surface area contributed by atoms with Crippen LogP contribution in [0, 0.1) is 0 Å². The number of benzene rings is 1. The van der Waals surface area contributed by atoms with E-state index in [1.165, 1.54) is 0 Å². The second kappa shape index (κ2) is 5.65. The molecule has 0 aliphatic rings. The Morgan fingerprint density at radius 1 is 1.22 bits per heavy atom. The Morgan fingerprint density at radius 3 is 2.61 bits per heavy atom. The molecule has 0 saturated carbocycles. The Labute approximate surface area is 107 Å². The number of pyridine rings is 1. The van der Waals surface area contributed by atoms with Gasteiger partial charge in [0.15, 0.2) is 0 Å². The molecule has 0 aliphatic heterocycles. The Hall–Kier alpha value is -1.87. The molecule has 3 heteroatoms.